The van der Waals surface area contributed by atoms with Crippen LogP contribution in [-0.2, 0) is 6.54 Å². The fourth-order valence-corrected chi connectivity index (χ4v) is 3.78. The molecule has 2 aromatic rings. The molecule has 0 atom stereocenters. The average Bonchev–Trinajstić information content (AvgIpc) is 2.73. The Kier molecular flexibility index (Phi) is 7.28. The lowest BCUT2D eigenvalue weighted by molar-refractivity contribution is 0.0628. The smallest absolute Gasteiger partial charge is 0.254 e. The van der Waals surface area contributed by atoms with E-state index in [0.29, 0.717) is 36.8 Å². The molecule has 0 spiro atoms. The van der Waals surface area contributed by atoms with Crippen LogP contribution in [0.5, 0.6) is 11.5 Å². The highest BCUT2D eigenvalue weighted by Gasteiger charge is 2.24. The molecule has 3 rings (SSSR count). The van der Waals surface area contributed by atoms with Crippen LogP contribution < -0.4 is 9.47 Å². The first-order chi connectivity index (χ1) is 13.6. The number of pyridine rings is 1. The minimum Gasteiger partial charge on any atom is -0.493 e. The molecule has 150 valence electrons. The van der Waals surface area contributed by atoms with E-state index in [4.69, 9.17) is 9.47 Å². The van der Waals surface area contributed by atoms with Crippen LogP contribution in [0.1, 0.15) is 29.3 Å². The third-order valence-corrected chi connectivity index (χ3v) is 5.33. The van der Waals surface area contributed by atoms with Crippen LogP contribution >= 0.6 is 15.9 Å². The van der Waals surface area contributed by atoms with Gasteiger partial charge in [-0.3, -0.25) is 14.7 Å². The van der Waals surface area contributed by atoms with Gasteiger partial charge in [0.05, 0.1) is 18.2 Å². The molecule has 28 heavy (non-hydrogen) atoms. The van der Waals surface area contributed by atoms with Gasteiger partial charge in [0, 0.05) is 50.7 Å². The Morgan fingerprint density at radius 3 is 2.54 bits per heavy atom. The van der Waals surface area contributed by atoms with E-state index in [-0.39, 0.29) is 5.91 Å². The van der Waals surface area contributed by atoms with Crippen LogP contribution in [0.15, 0.2) is 41.1 Å². The summed E-state index contributed by atoms with van der Waals surface area (Å²) >= 11 is 3.52. The molecule has 1 saturated heterocycles. The first kappa shape index (κ1) is 20.6. The highest BCUT2D eigenvalue weighted by atomic mass is 79.9. The van der Waals surface area contributed by atoms with E-state index < -0.39 is 0 Å². The van der Waals surface area contributed by atoms with Crippen molar-refractivity contribution >= 4 is 21.8 Å². The molecule has 1 fully saturated rings. The van der Waals surface area contributed by atoms with Gasteiger partial charge >= 0.3 is 0 Å². The number of aromatic nitrogens is 1. The molecule has 2 heterocycles. The van der Waals surface area contributed by atoms with Crippen molar-refractivity contribution in [3.05, 3.63) is 52.3 Å². The Balaban J connectivity index is 1.64. The van der Waals surface area contributed by atoms with Crippen LogP contribution in [0.25, 0.3) is 0 Å². The zero-order valence-corrected chi connectivity index (χ0v) is 17.9. The zero-order valence-electron chi connectivity index (χ0n) is 16.4. The summed E-state index contributed by atoms with van der Waals surface area (Å²) in [6.45, 7) is 6.64. The largest absolute Gasteiger partial charge is 0.493 e. The van der Waals surface area contributed by atoms with Crippen LogP contribution in [0.4, 0.5) is 0 Å². The summed E-state index contributed by atoms with van der Waals surface area (Å²) < 4.78 is 11.9. The van der Waals surface area contributed by atoms with E-state index in [1.807, 2.05) is 42.4 Å². The number of piperazine rings is 1. The Labute approximate surface area is 174 Å². The van der Waals surface area contributed by atoms with E-state index in [9.17, 15) is 4.79 Å². The molecular weight excluding hydrogens is 422 g/mol. The van der Waals surface area contributed by atoms with Crippen LogP contribution in [-0.4, -0.2) is 60.6 Å². The zero-order chi connectivity index (χ0) is 19.9. The number of carbonyl (C=O) groups excluding carboxylic acids is 1. The molecule has 1 aromatic carbocycles. The maximum absolute atomic E-state index is 13.0. The Hall–Kier alpha value is -2.12. The molecule has 0 saturated carbocycles. The minimum atomic E-state index is 0.0182. The molecule has 0 bridgehead atoms. The number of rotatable bonds is 7. The van der Waals surface area contributed by atoms with Crippen molar-refractivity contribution in [1.29, 1.82) is 0 Å². The Morgan fingerprint density at radius 2 is 1.89 bits per heavy atom. The maximum atomic E-state index is 13.0. The lowest BCUT2D eigenvalue weighted by atomic mass is 10.1. The number of hydrogen-bond acceptors (Lipinski definition) is 5. The lowest BCUT2D eigenvalue weighted by Crippen LogP contribution is -2.48. The molecule has 1 aromatic heterocycles. The second-order valence-electron chi connectivity index (χ2n) is 6.76. The van der Waals surface area contributed by atoms with Gasteiger partial charge in [-0.2, -0.15) is 0 Å². The molecule has 1 aliphatic rings. The molecule has 0 radical (unpaired) electrons. The maximum Gasteiger partial charge on any atom is 0.254 e. The normalized spacial score (nSPS) is 14.8. The van der Waals surface area contributed by atoms with Gasteiger partial charge in [0.1, 0.15) is 0 Å². The van der Waals surface area contributed by atoms with Gasteiger partial charge in [-0.25, -0.2) is 0 Å². The van der Waals surface area contributed by atoms with E-state index in [0.717, 1.165) is 30.5 Å². The number of nitrogens with zero attached hydrogens (tertiary/aromatic N) is 3. The number of amides is 1. The first-order valence-electron chi connectivity index (χ1n) is 9.53. The fraction of sp³-hybridized carbons (Fsp3) is 0.429. The van der Waals surface area contributed by atoms with Gasteiger partial charge in [-0.05, 0) is 52.2 Å². The second kappa shape index (κ2) is 9.89. The fourth-order valence-electron chi connectivity index (χ4n) is 3.23. The standard InChI is InChI=1S/C21H26BrN3O3/c1-3-12-28-20-18(22)13-17(14-19(20)27-2)21(26)25-10-8-24(9-11-25)15-16-4-6-23-7-5-16/h4-7,13-14H,3,8-12,15H2,1-2H3. The van der Waals surface area contributed by atoms with Crippen molar-refractivity contribution in [2.75, 3.05) is 39.9 Å². The highest BCUT2D eigenvalue weighted by molar-refractivity contribution is 9.10. The summed E-state index contributed by atoms with van der Waals surface area (Å²) in [5.41, 5.74) is 1.85. The van der Waals surface area contributed by atoms with Gasteiger partial charge in [-0.15, -0.1) is 0 Å². The van der Waals surface area contributed by atoms with Gasteiger partial charge in [0.15, 0.2) is 11.5 Å². The summed E-state index contributed by atoms with van der Waals surface area (Å²) in [7, 11) is 1.59. The van der Waals surface area contributed by atoms with Gasteiger partial charge in [-0.1, -0.05) is 6.92 Å². The van der Waals surface area contributed by atoms with Crippen LogP contribution in [0.3, 0.4) is 0 Å². The number of methoxy groups -OCH3 is 1. The van der Waals surface area contributed by atoms with Gasteiger partial charge < -0.3 is 14.4 Å². The predicted molar refractivity (Wildman–Crippen MR) is 112 cm³/mol. The molecular formula is C21H26BrN3O3. The third kappa shape index (κ3) is 5.02. The SMILES string of the molecule is CCCOc1c(Br)cc(C(=O)N2CCN(Cc3ccncc3)CC2)cc1OC. The summed E-state index contributed by atoms with van der Waals surface area (Å²) in [6.07, 6.45) is 4.53. The quantitative estimate of drug-likeness (QED) is 0.648. The summed E-state index contributed by atoms with van der Waals surface area (Å²) in [4.78, 5) is 21.3. The van der Waals surface area contributed by atoms with Crippen LogP contribution in [0.2, 0.25) is 0 Å². The van der Waals surface area contributed by atoms with E-state index in [1.54, 1.807) is 13.2 Å². The molecule has 6 nitrogen and oxygen atoms in total. The second-order valence-corrected chi connectivity index (χ2v) is 7.62. The number of hydrogen-bond donors (Lipinski definition) is 0. The minimum absolute atomic E-state index is 0.0182. The first-order valence-corrected chi connectivity index (χ1v) is 10.3. The van der Waals surface area contributed by atoms with Gasteiger partial charge in [0.2, 0.25) is 0 Å². The van der Waals surface area contributed by atoms with Gasteiger partial charge in [0.25, 0.3) is 5.91 Å². The average molecular weight is 448 g/mol. The highest BCUT2D eigenvalue weighted by Crippen LogP contribution is 2.37. The van der Waals surface area contributed by atoms with E-state index in [2.05, 4.69) is 25.8 Å². The van der Waals surface area contributed by atoms with E-state index >= 15 is 0 Å². The summed E-state index contributed by atoms with van der Waals surface area (Å²) in [6, 6.07) is 7.65. The summed E-state index contributed by atoms with van der Waals surface area (Å²) in [5, 5.41) is 0. The van der Waals surface area contributed by atoms with Crippen molar-refractivity contribution in [2.45, 2.75) is 19.9 Å². The van der Waals surface area contributed by atoms with E-state index in [1.165, 1.54) is 5.56 Å². The molecule has 7 heteroatoms. The van der Waals surface area contributed by atoms with Crippen molar-refractivity contribution in [3.8, 4) is 11.5 Å². The molecule has 1 amide bonds. The predicted octanol–water partition coefficient (Wildman–Crippen LogP) is 3.60. The molecule has 0 aliphatic carbocycles. The molecule has 0 N–H and O–H groups in total. The monoisotopic (exact) mass is 447 g/mol. The van der Waals surface area contributed by atoms with Crippen molar-refractivity contribution in [1.82, 2.24) is 14.8 Å². The Morgan fingerprint density at radius 1 is 1.18 bits per heavy atom. The number of benzene rings is 1. The van der Waals surface area contributed by atoms with Crippen LogP contribution in [0, 0.1) is 0 Å². The molecule has 0 unspecified atom stereocenters. The van der Waals surface area contributed by atoms with Crippen molar-refractivity contribution in [3.63, 3.8) is 0 Å². The molecule has 1 aliphatic heterocycles. The van der Waals surface area contributed by atoms with Crippen molar-refractivity contribution in [2.24, 2.45) is 0 Å². The number of carbonyl (C=O) groups is 1. The lowest BCUT2D eigenvalue weighted by Gasteiger charge is -2.35. The third-order valence-electron chi connectivity index (χ3n) is 4.74. The van der Waals surface area contributed by atoms with Crippen molar-refractivity contribution < 1.29 is 14.3 Å². The number of ether oxygens (including phenoxy) is 2. The Bertz CT molecular complexity index is 793. The summed E-state index contributed by atoms with van der Waals surface area (Å²) in [5.74, 6) is 1.23. The topological polar surface area (TPSA) is 54.9 Å². The number of halogens is 1.